The smallest absolute Gasteiger partial charge is 0.237 e. The quantitative estimate of drug-likeness (QED) is 0.805. The number of para-hydroxylation sites is 1. The van der Waals surface area contributed by atoms with E-state index in [0.29, 0.717) is 0 Å². The fourth-order valence-corrected chi connectivity index (χ4v) is 5.00. The van der Waals surface area contributed by atoms with Gasteiger partial charge in [0.05, 0.1) is 18.0 Å². The first-order chi connectivity index (χ1) is 13.7. The molecule has 0 aromatic heterocycles. The molecule has 4 rings (SSSR count). The average molecular weight is 398 g/mol. The Hall–Kier alpha value is -2.18. The van der Waals surface area contributed by atoms with Gasteiger partial charge in [-0.05, 0) is 49.7 Å². The van der Waals surface area contributed by atoms with Crippen LogP contribution in [0, 0.1) is 0 Å². The molecule has 0 aliphatic carbocycles. The highest BCUT2D eigenvalue weighted by atomic mass is 32.2. The van der Waals surface area contributed by atoms with Crippen LogP contribution in [0.15, 0.2) is 53.4 Å². The van der Waals surface area contributed by atoms with E-state index in [1.54, 1.807) is 18.9 Å². The summed E-state index contributed by atoms with van der Waals surface area (Å²) in [6, 6.07) is 16.4. The molecule has 2 heterocycles. The number of hydrogen-bond donors (Lipinski definition) is 1. The molecule has 0 saturated carbocycles. The highest BCUT2D eigenvalue weighted by Gasteiger charge is 2.27. The van der Waals surface area contributed by atoms with E-state index < -0.39 is 0 Å². The molecule has 1 atom stereocenters. The van der Waals surface area contributed by atoms with Gasteiger partial charge in [-0.1, -0.05) is 18.2 Å². The number of hydrogen-bond acceptors (Lipinski definition) is 5. The summed E-state index contributed by atoms with van der Waals surface area (Å²) in [7, 11) is 1.67. The van der Waals surface area contributed by atoms with Crippen LogP contribution >= 0.6 is 11.8 Å². The second-order valence-corrected chi connectivity index (χ2v) is 8.51. The lowest BCUT2D eigenvalue weighted by Gasteiger charge is -2.36. The molecule has 1 amide bonds. The topological polar surface area (TPSA) is 44.8 Å². The molecule has 148 valence electrons. The first-order valence-electron chi connectivity index (χ1n) is 9.91. The van der Waals surface area contributed by atoms with Gasteiger partial charge >= 0.3 is 0 Å². The lowest BCUT2D eigenvalue weighted by atomic mass is 10.2. The van der Waals surface area contributed by atoms with E-state index in [2.05, 4.69) is 45.4 Å². The zero-order valence-electron chi connectivity index (χ0n) is 16.3. The Morgan fingerprint density at radius 2 is 1.89 bits per heavy atom. The highest BCUT2D eigenvalue weighted by molar-refractivity contribution is 8.01. The van der Waals surface area contributed by atoms with Crippen molar-refractivity contribution in [2.45, 2.75) is 23.0 Å². The standard InChI is InChI=1S/C22H27N3O2S/c1-27-18-9-10-19-21(16-18)28-20(22(26)23-19)8-5-11-24-12-14-25(15-13-24)17-6-3-2-4-7-17/h2-4,6-7,9-10,16,20H,5,8,11-15H2,1H3,(H,23,26). The molecule has 0 bridgehead atoms. The minimum Gasteiger partial charge on any atom is -0.497 e. The second kappa shape index (κ2) is 8.88. The molecule has 1 N–H and O–H groups in total. The van der Waals surface area contributed by atoms with Crippen molar-refractivity contribution in [1.29, 1.82) is 0 Å². The van der Waals surface area contributed by atoms with Crippen LogP contribution in [0.25, 0.3) is 0 Å². The van der Waals surface area contributed by atoms with Crippen molar-refractivity contribution < 1.29 is 9.53 Å². The van der Waals surface area contributed by atoms with Gasteiger partial charge in [-0.2, -0.15) is 0 Å². The summed E-state index contributed by atoms with van der Waals surface area (Å²) in [4.78, 5) is 18.5. The molecule has 5 nitrogen and oxygen atoms in total. The molecule has 1 saturated heterocycles. The second-order valence-electron chi connectivity index (χ2n) is 7.26. The van der Waals surface area contributed by atoms with Crippen molar-refractivity contribution >= 4 is 29.0 Å². The van der Waals surface area contributed by atoms with Gasteiger partial charge in [-0.15, -0.1) is 11.8 Å². The number of nitrogens with one attached hydrogen (secondary N) is 1. The van der Waals surface area contributed by atoms with E-state index in [4.69, 9.17) is 4.74 Å². The van der Waals surface area contributed by atoms with Crippen molar-refractivity contribution in [3.63, 3.8) is 0 Å². The maximum absolute atomic E-state index is 12.4. The van der Waals surface area contributed by atoms with Crippen molar-refractivity contribution in [3.8, 4) is 5.75 Å². The summed E-state index contributed by atoms with van der Waals surface area (Å²) in [6.45, 7) is 5.35. The number of piperazine rings is 1. The molecule has 2 aromatic carbocycles. The van der Waals surface area contributed by atoms with Crippen molar-refractivity contribution in [2.75, 3.05) is 50.1 Å². The van der Waals surface area contributed by atoms with E-state index >= 15 is 0 Å². The minimum atomic E-state index is -0.0230. The number of thioether (sulfide) groups is 1. The van der Waals surface area contributed by atoms with E-state index in [1.165, 1.54) is 5.69 Å². The maximum atomic E-state index is 12.4. The lowest BCUT2D eigenvalue weighted by Crippen LogP contribution is -2.46. The molecular weight excluding hydrogens is 370 g/mol. The number of methoxy groups -OCH3 is 1. The Morgan fingerprint density at radius 3 is 2.64 bits per heavy atom. The number of carbonyl (C=O) groups excluding carboxylic acids is 1. The van der Waals surface area contributed by atoms with Crippen LogP contribution < -0.4 is 15.0 Å². The van der Waals surface area contributed by atoms with Gasteiger partial charge in [-0.3, -0.25) is 9.69 Å². The number of benzene rings is 2. The largest absolute Gasteiger partial charge is 0.497 e. The number of nitrogens with zero attached hydrogens (tertiary/aromatic N) is 2. The van der Waals surface area contributed by atoms with Gasteiger partial charge < -0.3 is 15.0 Å². The van der Waals surface area contributed by atoms with Crippen LogP contribution in [0.4, 0.5) is 11.4 Å². The van der Waals surface area contributed by atoms with Gasteiger partial charge in [0, 0.05) is 36.8 Å². The van der Waals surface area contributed by atoms with Crippen molar-refractivity contribution in [3.05, 3.63) is 48.5 Å². The fourth-order valence-electron chi connectivity index (χ4n) is 3.81. The normalized spacial score (nSPS) is 19.8. The van der Waals surface area contributed by atoms with Gasteiger partial charge in [0.25, 0.3) is 0 Å². The summed E-state index contributed by atoms with van der Waals surface area (Å²) >= 11 is 1.66. The SMILES string of the molecule is COc1ccc2c(c1)SC(CCCN1CCN(c3ccccc3)CC1)C(=O)N2. The number of anilines is 2. The van der Waals surface area contributed by atoms with Crippen LogP contribution in [-0.4, -0.2) is 55.9 Å². The molecule has 0 radical (unpaired) electrons. The van der Waals surface area contributed by atoms with Crippen molar-refractivity contribution in [2.24, 2.45) is 0 Å². The summed E-state index contributed by atoms with van der Waals surface area (Å²) in [5, 5.41) is 3.02. The summed E-state index contributed by atoms with van der Waals surface area (Å²) in [6.07, 6.45) is 1.93. The number of rotatable bonds is 6. The van der Waals surface area contributed by atoms with Gasteiger partial charge in [0.15, 0.2) is 0 Å². The fraction of sp³-hybridized carbons (Fsp3) is 0.409. The summed E-state index contributed by atoms with van der Waals surface area (Å²) in [5.74, 6) is 0.953. The average Bonchev–Trinajstić information content (AvgIpc) is 2.75. The van der Waals surface area contributed by atoms with E-state index in [-0.39, 0.29) is 11.2 Å². The van der Waals surface area contributed by atoms with E-state index in [9.17, 15) is 4.79 Å². The number of carbonyl (C=O) groups is 1. The van der Waals surface area contributed by atoms with E-state index in [1.807, 2.05) is 18.2 Å². The zero-order valence-corrected chi connectivity index (χ0v) is 17.1. The van der Waals surface area contributed by atoms with Crippen LogP contribution in [-0.2, 0) is 4.79 Å². The van der Waals surface area contributed by atoms with Gasteiger partial charge in [-0.25, -0.2) is 0 Å². The highest BCUT2D eigenvalue weighted by Crippen LogP contribution is 2.39. The molecule has 2 aliphatic rings. The van der Waals surface area contributed by atoms with Crippen LogP contribution in [0.3, 0.4) is 0 Å². The predicted molar refractivity (Wildman–Crippen MR) is 116 cm³/mol. The maximum Gasteiger partial charge on any atom is 0.237 e. The minimum absolute atomic E-state index is 0.0230. The molecule has 28 heavy (non-hydrogen) atoms. The Morgan fingerprint density at radius 1 is 1.11 bits per heavy atom. The van der Waals surface area contributed by atoms with Crippen LogP contribution in [0.1, 0.15) is 12.8 Å². The van der Waals surface area contributed by atoms with E-state index in [0.717, 1.165) is 61.9 Å². The predicted octanol–water partition coefficient (Wildman–Crippen LogP) is 3.71. The Kier molecular flexibility index (Phi) is 6.07. The monoisotopic (exact) mass is 397 g/mol. The van der Waals surface area contributed by atoms with Gasteiger partial charge in [0.1, 0.15) is 5.75 Å². The Balaban J connectivity index is 1.24. The number of fused-ring (bicyclic) bond motifs is 1. The molecule has 1 unspecified atom stereocenters. The third-order valence-electron chi connectivity index (χ3n) is 5.44. The first kappa shape index (κ1) is 19.2. The molecule has 2 aromatic rings. The summed E-state index contributed by atoms with van der Waals surface area (Å²) < 4.78 is 5.31. The Labute approximate surface area is 171 Å². The summed E-state index contributed by atoms with van der Waals surface area (Å²) in [5.41, 5.74) is 2.20. The van der Waals surface area contributed by atoms with Crippen LogP contribution in [0.2, 0.25) is 0 Å². The first-order valence-corrected chi connectivity index (χ1v) is 10.8. The third-order valence-corrected chi connectivity index (χ3v) is 6.77. The zero-order chi connectivity index (χ0) is 19.3. The lowest BCUT2D eigenvalue weighted by molar-refractivity contribution is -0.115. The number of amides is 1. The number of ether oxygens (including phenoxy) is 1. The third kappa shape index (κ3) is 4.45. The van der Waals surface area contributed by atoms with Crippen LogP contribution in [0.5, 0.6) is 5.75 Å². The molecule has 6 heteroatoms. The van der Waals surface area contributed by atoms with Crippen molar-refractivity contribution in [1.82, 2.24) is 4.90 Å². The molecular formula is C22H27N3O2S. The van der Waals surface area contributed by atoms with Gasteiger partial charge in [0.2, 0.25) is 5.91 Å². The molecule has 1 fully saturated rings. The molecule has 0 spiro atoms. The Bertz CT molecular complexity index is 807. The molecule has 2 aliphatic heterocycles.